The second kappa shape index (κ2) is 3.55. The largest absolute Gasteiger partial charge is 0.308 e. The summed E-state index contributed by atoms with van der Waals surface area (Å²) in [6.07, 6.45) is 0. The number of nitrogens with zero attached hydrogens (tertiary/aromatic N) is 1. The van der Waals surface area contributed by atoms with Crippen molar-refractivity contribution in [2.75, 3.05) is 11.4 Å². The first-order valence-electron chi connectivity index (χ1n) is 4.04. The smallest absolute Gasteiger partial charge is 0.246 e. The van der Waals surface area contributed by atoms with Gasteiger partial charge < -0.3 is 10.2 Å². The molecule has 3 nitrogen and oxygen atoms in total. The van der Waals surface area contributed by atoms with Gasteiger partial charge in [0.05, 0.1) is 10.7 Å². The molecule has 1 aromatic carbocycles. The summed E-state index contributed by atoms with van der Waals surface area (Å²) in [5.74, 6) is -0.102. The van der Waals surface area contributed by atoms with Crippen molar-refractivity contribution in [3.8, 4) is 0 Å². The van der Waals surface area contributed by atoms with Gasteiger partial charge in [0.25, 0.3) is 0 Å². The lowest BCUT2D eigenvalue weighted by Crippen LogP contribution is -2.27. The Morgan fingerprint density at radius 1 is 1.43 bits per heavy atom. The maximum absolute atomic E-state index is 11.1. The fourth-order valence-corrected chi connectivity index (χ4v) is 1.82. The van der Waals surface area contributed by atoms with Crippen LogP contribution in [-0.4, -0.2) is 17.6 Å². The van der Waals surface area contributed by atoms with Crippen LogP contribution in [0.2, 0.25) is 5.02 Å². The quantitative estimate of drug-likeness (QED) is 0.738. The van der Waals surface area contributed by atoms with Crippen LogP contribution in [0.5, 0.6) is 0 Å². The second-order valence-corrected chi connectivity index (χ2v) is 3.68. The lowest BCUT2D eigenvalue weighted by Gasteiger charge is -2.16. The van der Waals surface area contributed by atoms with Crippen molar-refractivity contribution >= 4 is 40.5 Å². The molecular formula is C9H7ClN2OS. The Kier molecular flexibility index (Phi) is 2.39. The molecule has 0 bridgehead atoms. The minimum Gasteiger partial charge on any atom is -0.308 e. The SMILES string of the molecule is O=C1CN(c2ccccc2Cl)C(=S)N1. The number of para-hydroxylation sites is 1. The van der Waals surface area contributed by atoms with E-state index in [1.807, 2.05) is 18.2 Å². The van der Waals surface area contributed by atoms with Gasteiger partial charge in [0, 0.05) is 0 Å². The number of carbonyl (C=O) groups excluding carboxylic acids is 1. The standard InChI is InChI=1S/C9H7ClN2OS/c10-6-3-1-2-4-7(6)12-5-8(13)11-9(12)14/h1-4H,5H2,(H,11,13,14). The number of hydrogen-bond acceptors (Lipinski definition) is 2. The van der Waals surface area contributed by atoms with Gasteiger partial charge in [-0.2, -0.15) is 0 Å². The highest BCUT2D eigenvalue weighted by Crippen LogP contribution is 2.26. The van der Waals surface area contributed by atoms with Crippen LogP contribution in [0.1, 0.15) is 0 Å². The number of halogens is 1. The molecule has 0 spiro atoms. The lowest BCUT2D eigenvalue weighted by atomic mass is 10.3. The Morgan fingerprint density at radius 3 is 2.71 bits per heavy atom. The van der Waals surface area contributed by atoms with Gasteiger partial charge in [-0.1, -0.05) is 23.7 Å². The second-order valence-electron chi connectivity index (χ2n) is 2.89. The third kappa shape index (κ3) is 1.58. The molecule has 2 rings (SSSR count). The molecule has 0 radical (unpaired) electrons. The van der Waals surface area contributed by atoms with E-state index < -0.39 is 0 Å². The number of benzene rings is 1. The van der Waals surface area contributed by atoms with Crippen LogP contribution in [-0.2, 0) is 4.79 Å². The van der Waals surface area contributed by atoms with E-state index in [9.17, 15) is 4.79 Å². The molecule has 5 heteroatoms. The van der Waals surface area contributed by atoms with Gasteiger partial charge in [-0.25, -0.2) is 0 Å². The number of nitrogens with one attached hydrogen (secondary N) is 1. The monoisotopic (exact) mass is 226 g/mol. The summed E-state index contributed by atoms with van der Waals surface area (Å²) in [6.45, 7) is 0.239. The molecule has 0 atom stereocenters. The summed E-state index contributed by atoms with van der Waals surface area (Å²) in [5, 5.41) is 3.55. The first-order valence-corrected chi connectivity index (χ1v) is 4.83. The average Bonchev–Trinajstić information content (AvgIpc) is 2.46. The van der Waals surface area contributed by atoms with Crippen LogP contribution < -0.4 is 10.2 Å². The molecule has 1 saturated heterocycles. The van der Waals surface area contributed by atoms with Gasteiger partial charge in [-0.3, -0.25) is 4.79 Å². The molecule has 14 heavy (non-hydrogen) atoms. The summed E-state index contributed by atoms with van der Waals surface area (Å²) in [7, 11) is 0. The minimum atomic E-state index is -0.102. The third-order valence-corrected chi connectivity index (χ3v) is 2.58. The fourth-order valence-electron chi connectivity index (χ4n) is 1.31. The molecule has 72 valence electrons. The van der Waals surface area contributed by atoms with E-state index in [1.165, 1.54) is 0 Å². The number of hydrogen-bond donors (Lipinski definition) is 1. The number of carbonyl (C=O) groups is 1. The number of rotatable bonds is 1. The highest BCUT2D eigenvalue weighted by Gasteiger charge is 2.25. The molecule has 1 heterocycles. The molecule has 1 aliphatic heterocycles. The molecule has 1 aliphatic rings. The summed E-state index contributed by atoms with van der Waals surface area (Å²) < 4.78 is 0. The topological polar surface area (TPSA) is 32.3 Å². The zero-order valence-corrected chi connectivity index (χ0v) is 8.73. The van der Waals surface area contributed by atoms with Gasteiger partial charge in [0.2, 0.25) is 5.91 Å². The van der Waals surface area contributed by atoms with Gasteiger partial charge in [-0.05, 0) is 24.4 Å². The van der Waals surface area contributed by atoms with Gasteiger partial charge in [0.1, 0.15) is 6.54 Å². The Balaban J connectivity index is 2.36. The third-order valence-electron chi connectivity index (χ3n) is 1.94. The molecule has 0 aliphatic carbocycles. The first-order chi connectivity index (χ1) is 6.68. The predicted octanol–water partition coefficient (Wildman–Crippen LogP) is 1.56. The predicted molar refractivity (Wildman–Crippen MR) is 59.5 cm³/mol. The molecule has 0 aromatic heterocycles. The van der Waals surface area contributed by atoms with Crippen molar-refractivity contribution in [3.63, 3.8) is 0 Å². The average molecular weight is 227 g/mol. The summed E-state index contributed by atoms with van der Waals surface area (Å²) >= 11 is 11.0. The molecule has 0 saturated carbocycles. The van der Waals surface area contributed by atoms with Crippen LogP contribution in [0.3, 0.4) is 0 Å². The number of amides is 1. The molecule has 1 aromatic rings. The van der Waals surface area contributed by atoms with Crippen molar-refractivity contribution in [1.82, 2.24) is 5.32 Å². The van der Waals surface area contributed by atoms with Gasteiger partial charge >= 0.3 is 0 Å². The van der Waals surface area contributed by atoms with Crippen LogP contribution >= 0.6 is 23.8 Å². The highest BCUT2D eigenvalue weighted by molar-refractivity contribution is 7.80. The van der Waals surface area contributed by atoms with Crippen molar-refractivity contribution in [2.24, 2.45) is 0 Å². The zero-order chi connectivity index (χ0) is 10.1. The lowest BCUT2D eigenvalue weighted by molar-refractivity contribution is -0.117. The van der Waals surface area contributed by atoms with E-state index in [-0.39, 0.29) is 12.5 Å². The van der Waals surface area contributed by atoms with E-state index in [0.29, 0.717) is 10.1 Å². The molecule has 1 fully saturated rings. The number of thiocarbonyl (C=S) groups is 1. The summed E-state index contributed by atoms with van der Waals surface area (Å²) in [4.78, 5) is 12.7. The molecule has 0 unspecified atom stereocenters. The van der Waals surface area contributed by atoms with Crippen LogP contribution in [0.15, 0.2) is 24.3 Å². The number of anilines is 1. The van der Waals surface area contributed by atoms with E-state index in [1.54, 1.807) is 11.0 Å². The molecule has 1 amide bonds. The van der Waals surface area contributed by atoms with E-state index in [0.717, 1.165) is 5.69 Å². The first kappa shape index (κ1) is 9.43. The van der Waals surface area contributed by atoms with Gasteiger partial charge in [-0.15, -0.1) is 0 Å². The normalized spacial score (nSPS) is 15.9. The maximum atomic E-state index is 11.1. The molecular weight excluding hydrogens is 220 g/mol. The van der Waals surface area contributed by atoms with Crippen LogP contribution in [0.4, 0.5) is 5.69 Å². The fraction of sp³-hybridized carbons (Fsp3) is 0.111. The van der Waals surface area contributed by atoms with E-state index in [4.69, 9.17) is 23.8 Å². The van der Waals surface area contributed by atoms with E-state index in [2.05, 4.69) is 5.32 Å². The highest BCUT2D eigenvalue weighted by atomic mass is 35.5. The van der Waals surface area contributed by atoms with Crippen molar-refractivity contribution in [3.05, 3.63) is 29.3 Å². The Hall–Kier alpha value is -1.13. The van der Waals surface area contributed by atoms with E-state index >= 15 is 0 Å². The van der Waals surface area contributed by atoms with Crippen molar-refractivity contribution in [1.29, 1.82) is 0 Å². The maximum Gasteiger partial charge on any atom is 0.246 e. The Labute approximate surface area is 91.7 Å². The Bertz CT molecular complexity index is 408. The zero-order valence-electron chi connectivity index (χ0n) is 7.16. The van der Waals surface area contributed by atoms with Crippen molar-refractivity contribution < 1.29 is 4.79 Å². The Morgan fingerprint density at radius 2 is 2.14 bits per heavy atom. The summed E-state index contributed by atoms with van der Waals surface area (Å²) in [6, 6.07) is 7.28. The van der Waals surface area contributed by atoms with Gasteiger partial charge in [0.15, 0.2) is 5.11 Å². The summed E-state index contributed by atoms with van der Waals surface area (Å²) in [5.41, 5.74) is 0.762. The van der Waals surface area contributed by atoms with Crippen LogP contribution in [0.25, 0.3) is 0 Å². The van der Waals surface area contributed by atoms with Crippen LogP contribution in [0, 0.1) is 0 Å². The molecule has 1 N–H and O–H groups in total. The minimum absolute atomic E-state index is 0.102. The van der Waals surface area contributed by atoms with Crippen molar-refractivity contribution in [2.45, 2.75) is 0 Å².